The lowest BCUT2D eigenvalue weighted by molar-refractivity contribution is 0.171. The molecule has 0 aliphatic heterocycles. The Morgan fingerprint density at radius 2 is 2.06 bits per heavy atom. The van der Waals surface area contributed by atoms with Gasteiger partial charge in [0.2, 0.25) is 0 Å². The van der Waals surface area contributed by atoms with Crippen molar-refractivity contribution in [1.29, 1.82) is 0 Å². The van der Waals surface area contributed by atoms with E-state index in [0.29, 0.717) is 11.5 Å². The van der Waals surface area contributed by atoms with Gasteiger partial charge in [-0.15, -0.1) is 0 Å². The highest BCUT2D eigenvalue weighted by Gasteiger charge is 2.09. The number of nitrogens with one attached hydrogen (secondary N) is 1. The number of hydrogen-bond acceptors (Lipinski definition) is 5. The molecule has 0 heterocycles. The van der Waals surface area contributed by atoms with Crippen molar-refractivity contribution in [3.8, 4) is 11.5 Å². The Labute approximate surface area is 118 Å². The first kappa shape index (κ1) is 14.6. The van der Waals surface area contributed by atoms with Crippen molar-refractivity contribution in [2.45, 2.75) is 0 Å². The summed E-state index contributed by atoms with van der Waals surface area (Å²) in [6.45, 7) is 0. The zero-order chi connectivity index (χ0) is 13.5. The summed E-state index contributed by atoms with van der Waals surface area (Å²) in [6, 6.07) is 3.60. The molecule has 0 aliphatic carbocycles. The van der Waals surface area contributed by atoms with Crippen LogP contribution in [0.2, 0.25) is 0 Å². The summed E-state index contributed by atoms with van der Waals surface area (Å²) in [7, 11) is 4.40. The molecule has 1 aromatic carbocycles. The maximum atomic E-state index is 10.8. The molecule has 0 fully saturated rings. The molecule has 0 atom stereocenters. The largest absolute Gasteiger partial charge is 0.493 e. The van der Waals surface area contributed by atoms with Crippen molar-refractivity contribution in [3.63, 3.8) is 0 Å². The van der Waals surface area contributed by atoms with Gasteiger partial charge in [0.05, 0.1) is 31.1 Å². The van der Waals surface area contributed by atoms with Gasteiger partial charge >= 0.3 is 6.09 Å². The maximum Gasteiger partial charge on any atom is 0.427 e. The van der Waals surface area contributed by atoms with Crippen LogP contribution in [0.3, 0.4) is 0 Å². The number of carbonyl (C=O) groups is 1. The minimum Gasteiger partial charge on any atom is -0.493 e. The van der Waals surface area contributed by atoms with Crippen LogP contribution in [0.15, 0.2) is 17.2 Å². The Bertz CT molecular complexity index is 463. The van der Waals surface area contributed by atoms with Gasteiger partial charge in [0.15, 0.2) is 11.5 Å². The van der Waals surface area contributed by atoms with E-state index in [4.69, 9.17) is 9.47 Å². The lowest BCUT2D eigenvalue weighted by Gasteiger charge is -2.10. The van der Waals surface area contributed by atoms with Crippen LogP contribution in [-0.2, 0) is 4.74 Å². The average Bonchev–Trinajstić information content (AvgIpc) is 2.37. The number of hydrazone groups is 1. The van der Waals surface area contributed by atoms with E-state index in [1.807, 2.05) is 6.07 Å². The zero-order valence-electron chi connectivity index (χ0n) is 10.2. The molecule has 1 amide bonds. The molecule has 6 nitrogen and oxygen atoms in total. The summed E-state index contributed by atoms with van der Waals surface area (Å²) in [5.74, 6) is 1.26. The number of halogens is 1. The van der Waals surface area contributed by atoms with E-state index in [0.717, 1.165) is 9.13 Å². The summed E-state index contributed by atoms with van der Waals surface area (Å²) in [5, 5.41) is 3.74. The van der Waals surface area contributed by atoms with Crippen LogP contribution in [0.1, 0.15) is 5.56 Å². The van der Waals surface area contributed by atoms with Crippen molar-refractivity contribution >= 4 is 34.9 Å². The van der Waals surface area contributed by atoms with Crippen molar-refractivity contribution in [2.24, 2.45) is 5.10 Å². The molecular weight excluding hydrogens is 351 g/mol. The number of benzene rings is 1. The minimum atomic E-state index is -0.624. The third-order valence-corrected chi connectivity index (χ3v) is 2.81. The molecule has 7 heteroatoms. The third kappa shape index (κ3) is 3.76. The van der Waals surface area contributed by atoms with E-state index in [1.54, 1.807) is 20.3 Å². The van der Waals surface area contributed by atoms with Crippen LogP contribution >= 0.6 is 22.6 Å². The number of ether oxygens (including phenoxy) is 3. The SMILES string of the molecule is COC(=O)N/N=C\c1cc(I)c(OC)c(OC)c1. The normalized spacial score (nSPS) is 10.2. The highest BCUT2D eigenvalue weighted by atomic mass is 127. The van der Waals surface area contributed by atoms with E-state index in [9.17, 15) is 4.79 Å². The number of amides is 1. The summed E-state index contributed by atoms with van der Waals surface area (Å²) in [5.41, 5.74) is 2.97. The Hall–Kier alpha value is -1.51. The van der Waals surface area contributed by atoms with Crippen molar-refractivity contribution in [3.05, 3.63) is 21.3 Å². The second-order valence-corrected chi connectivity index (χ2v) is 4.26. The third-order valence-electron chi connectivity index (χ3n) is 2.01. The van der Waals surface area contributed by atoms with E-state index in [1.165, 1.54) is 13.3 Å². The van der Waals surface area contributed by atoms with Crippen molar-refractivity contribution in [1.82, 2.24) is 5.43 Å². The molecule has 0 saturated heterocycles. The van der Waals surface area contributed by atoms with Gasteiger partial charge in [-0.25, -0.2) is 10.2 Å². The van der Waals surface area contributed by atoms with Gasteiger partial charge in [0, 0.05) is 0 Å². The van der Waals surface area contributed by atoms with Crippen LogP contribution in [-0.4, -0.2) is 33.6 Å². The molecule has 1 rings (SSSR count). The Morgan fingerprint density at radius 3 is 2.61 bits per heavy atom. The molecule has 0 saturated carbocycles. The van der Waals surface area contributed by atoms with Gasteiger partial charge in [-0.1, -0.05) is 0 Å². The topological polar surface area (TPSA) is 69.2 Å². The monoisotopic (exact) mass is 364 g/mol. The number of hydrogen-bond donors (Lipinski definition) is 1. The van der Waals surface area contributed by atoms with Crippen molar-refractivity contribution in [2.75, 3.05) is 21.3 Å². The fourth-order valence-electron chi connectivity index (χ4n) is 1.22. The smallest absolute Gasteiger partial charge is 0.427 e. The Morgan fingerprint density at radius 1 is 1.33 bits per heavy atom. The lowest BCUT2D eigenvalue weighted by atomic mass is 10.2. The summed E-state index contributed by atoms with van der Waals surface area (Å²) in [6.07, 6.45) is 0.863. The first-order valence-corrected chi connectivity index (χ1v) is 5.98. The van der Waals surface area contributed by atoms with Gasteiger partial charge in [-0.05, 0) is 40.3 Å². The highest BCUT2D eigenvalue weighted by Crippen LogP contribution is 2.32. The fraction of sp³-hybridized carbons (Fsp3) is 0.273. The van der Waals surface area contributed by atoms with Gasteiger partial charge in [-0.3, -0.25) is 0 Å². The molecule has 0 bridgehead atoms. The van der Waals surface area contributed by atoms with Gasteiger partial charge in [0.25, 0.3) is 0 Å². The van der Waals surface area contributed by atoms with Crippen LogP contribution < -0.4 is 14.9 Å². The predicted molar refractivity (Wildman–Crippen MR) is 75.4 cm³/mol. The van der Waals surface area contributed by atoms with Crippen molar-refractivity contribution < 1.29 is 19.0 Å². The van der Waals surface area contributed by atoms with Crippen LogP contribution in [0.4, 0.5) is 4.79 Å². The van der Waals surface area contributed by atoms with E-state index in [-0.39, 0.29) is 0 Å². The zero-order valence-corrected chi connectivity index (χ0v) is 12.3. The predicted octanol–water partition coefficient (Wildman–Crippen LogP) is 2.00. The molecule has 0 unspecified atom stereocenters. The molecular formula is C11H13IN2O4. The molecule has 1 N–H and O–H groups in total. The highest BCUT2D eigenvalue weighted by molar-refractivity contribution is 14.1. The Balaban J connectivity index is 2.91. The molecule has 0 radical (unpaired) electrons. The first-order valence-electron chi connectivity index (χ1n) is 4.91. The second kappa shape index (κ2) is 7.04. The number of nitrogens with zero attached hydrogens (tertiary/aromatic N) is 1. The summed E-state index contributed by atoms with van der Waals surface area (Å²) < 4.78 is 15.7. The molecule has 0 aliphatic rings. The molecule has 18 heavy (non-hydrogen) atoms. The minimum absolute atomic E-state index is 0.601. The van der Waals surface area contributed by atoms with Gasteiger partial charge in [-0.2, -0.15) is 5.10 Å². The quantitative estimate of drug-likeness (QED) is 0.504. The molecule has 1 aromatic rings. The first-order chi connectivity index (χ1) is 8.62. The fourth-order valence-corrected chi connectivity index (χ4v) is 2.06. The van der Waals surface area contributed by atoms with Crippen LogP contribution in [0.25, 0.3) is 0 Å². The maximum absolute atomic E-state index is 10.8. The van der Waals surface area contributed by atoms with Gasteiger partial charge in [0.1, 0.15) is 0 Å². The summed E-state index contributed by atoms with van der Waals surface area (Å²) in [4.78, 5) is 10.8. The number of carbonyl (C=O) groups excluding carboxylic acids is 1. The number of methoxy groups -OCH3 is 3. The average molecular weight is 364 g/mol. The second-order valence-electron chi connectivity index (χ2n) is 3.10. The molecule has 0 spiro atoms. The standard InChI is InChI=1S/C11H13IN2O4/c1-16-9-5-7(4-8(12)10(9)17-2)6-13-14-11(15)18-3/h4-6H,1-3H3,(H,14,15)/b13-6-. The van der Waals surface area contributed by atoms with Gasteiger partial charge < -0.3 is 14.2 Å². The van der Waals surface area contributed by atoms with E-state index in [2.05, 4.69) is 37.9 Å². The summed E-state index contributed by atoms with van der Waals surface area (Å²) >= 11 is 2.13. The van der Waals surface area contributed by atoms with E-state index >= 15 is 0 Å². The number of rotatable bonds is 4. The molecule has 98 valence electrons. The van der Waals surface area contributed by atoms with Crippen LogP contribution in [0, 0.1) is 3.57 Å². The molecule has 0 aromatic heterocycles. The van der Waals surface area contributed by atoms with Crippen LogP contribution in [0.5, 0.6) is 11.5 Å². The van der Waals surface area contributed by atoms with E-state index < -0.39 is 6.09 Å². The lowest BCUT2D eigenvalue weighted by Crippen LogP contribution is -2.16. The Kier molecular flexibility index (Phi) is 5.69.